The number of nitrogens with zero attached hydrogens (tertiary/aromatic N) is 2. The van der Waals surface area contributed by atoms with Crippen LogP contribution in [0, 0.1) is 5.92 Å². The van der Waals surface area contributed by atoms with Crippen LogP contribution >= 0.6 is 0 Å². The van der Waals surface area contributed by atoms with Gasteiger partial charge in [-0.25, -0.2) is 4.98 Å². The predicted octanol–water partition coefficient (Wildman–Crippen LogP) is 3.51. The average Bonchev–Trinajstić information content (AvgIpc) is 2.73. The Hall–Kier alpha value is -0.790. The van der Waals surface area contributed by atoms with Gasteiger partial charge < -0.3 is 4.57 Å². The van der Waals surface area contributed by atoms with Crippen molar-refractivity contribution in [3.63, 3.8) is 0 Å². The van der Waals surface area contributed by atoms with Crippen LogP contribution in [0.5, 0.6) is 0 Å². The first kappa shape index (κ1) is 10.4. The molecular weight excluding hydrogens is 196 g/mol. The van der Waals surface area contributed by atoms with Crippen LogP contribution in [0.25, 0.3) is 0 Å². The molecule has 0 amide bonds. The number of fused-ring (bicyclic) bond motifs is 1. The van der Waals surface area contributed by atoms with E-state index in [4.69, 9.17) is 4.98 Å². The first-order chi connectivity index (χ1) is 7.83. The zero-order valence-corrected chi connectivity index (χ0v) is 10.3. The summed E-state index contributed by atoms with van der Waals surface area (Å²) in [7, 11) is 0. The van der Waals surface area contributed by atoms with Gasteiger partial charge in [-0.15, -0.1) is 0 Å². The first-order valence-corrected chi connectivity index (χ1v) is 6.89. The molecule has 0 saturated heterocycles. The summed E-state index contributed by atoms with van der Waals surface area (Å²) >= 11 is 0. The molecule has 1 fully saturated rings. The first-order valence-electron chi connectivity index (χ1n) is 6.89. The summed E-state index contributed by atoms with van der Waals surface area (Å²) in [5.41, 5.74) is 1.39. The van der Waals surface area contributed by atoms with Gasteiger partial charge in [-0.05, 0) is 25.2 Å². The Balaban J connectivity index is 1.80. The van der Waals surface area contributed by atoms with Crippen molar-refractivity contribution in [3.8, 4) is 0 Å². The fourth-order valence-corrected chi connectivity index (χ4v) is 3.20. The van der Waals surface area contributed by atoms with Crippen molar-refractivity contribution in [1.29, 1.82) is 0 Å². The molecule has 16 heavy (non-hydrogen) atoms. The fraction of sp³-hybridized carbons (Fsp3) is 0.786. The van der Waals surface area contributed by atoms with Crippen molar-refractivity contribution < 1.29 is 0 Å². The lowest BCUT2D eigenvalue weighted by Gasteiger charge is -2.19. The second-order valence-electron chi connectivity index (χ2n) is 5.71. The standard InChI is InChI=1S/C14H22N2/c1-11-7-8-16-10-13(15-14(16)9-11)12-5-3-2-4-6-12/h10-12H,2-9H2,1H3. The van der Waals surface area contributed by atoms with Crippen LogP contribution in [0.15, 0.2) is 6.20 Å². The van der Waals surface area contributed by atoms with Crippen LogP contribution < -0.4 is 0 Å². The number of aromatic nitrogens is 2. The Labute approximate surface area is 98.1 Å². The molecule has 0 aromatic carbocycles. The molecule has 2 aliphatic rings. The molecular formula is C14H22N2. The minimum Gasteiger partial charge on any atom is -0.335 e. The normalized spacial score (nSPS) is 26.7. The third-order valence-corrected chi connectivity index (χ3v) is 4.30. The average molecular weight is 218 g/mol. The van der Waals surface area contributed by atoms with Gasteiger partial charge >= 0.3 is 0 Å². The molecule has 1 unspecified atom stereocenters. The third-order valence-electron chi connectivity index (χ3n) is 4.30. The van der Waals surface area contributed by atoms with Gasteiger partial charge in [-0.1, -0.05) is 26.2 Å². The molecule has 2 nitrogen and oxygen atoms in total. The van der Waals surface area contributed by atoms with E-state index >= 15 is 0 Å². The SMILES string of the molecule is CC1CCn2cc(C3CCCCC3)nc2C1. The van der Waals surface area contributed by atoms with Crippen molar-refractivity contribution in [2.75, 3.05) is 0 Å². The molecule has 1 saturated carbocycles. The van der Waals surface area contributed by atoms with Gasteiger partial charge in [0.2, 0.25) is 0 Å². The highest BCUT2D eigenvalue weighted by Gasteiger charge is 2.22. The van der Waals surface area contributed by atoms with Crippen LogP contribution in [-0.2, 0) is 13.0 Å². The summed E-state index contributed by atoms with van der Waals surface area (Å²) in [6.07, 6.45) is 11.8. The zero-order chi connectivity index (χ0) is 11.0. The van der Waals surface area contributed by atoms with E-state index in [0.29, 0.717) is 0 Å². The molecule has 88 valence electrons. The molecule has 1 aliphatic heterocycles. The molecule has 1 aromatic heterocycles. The number of imidazole rings is 1. The topological polar surface area (TPSA) is 17.8 Å². The van der Waals surface area contributed by atoms with E-state index in [1.165, 1.54) is 63.0 Å². The Kier molecular flexibility index (Phi) is 2.74. The van der Waals surface area contributed by atoms with Gasteiger partial charge in [0.05, 0.1) is 5.69 Å². The van der Waals surface area contributed by atoms with Gasteiger partial charge in [0.15, 0.2) is 0 Å². The van der Waals surface area contributed by atoms with Crippen LogP contribution in [0.4, 0.5) is 0 Å². The van der Waals surface area contributed by atoms with E-state index < -0.39 is 0 Å². The molecule has 1 aromatic rings. The van der Waals surface area contributed by atoms with Crippen molar-refractivity contribution in [2.24, 2.45) is 5.92 Å². The van der Waals surface area contributed by atoms with Gasteiger partial charge in [0, 0.05) is 25.1 Å². The highest BCUT2D eigenvalue weighted by molar-refractivity contribution is 5.12. The van der Waals surface area contributed by atoms with E-state index in [1.54, 1.807) is 0 Å². The zero-order valence-electron chi connectivity index (χ0n) is 10.3. The maximum atomic E-state index is 4.89. The minimum atomic E-state index is 0.766. The van der Waals surface area contributed by atoms with Crippen molar-refractivity contribution in [1.82, 2.24) is 9.55 Å². The summed E-state index contributed by atoms with van der Waals surface area (Å²) in [6.45, 7) is 3.54. The predicted molar refractivity (Wildman–Crippen MR) is 65.5 cm³/mol. The second kappa shape index (κ2) is 4.23. The number of hydrogen-bond acceptors (Lipinski definition) is 1. The van der Waals surface area contributed by atoms with Crippen molar-refractivity contribution >= 4 is 0 Å². The van der Waals surface area contributed by atoms with Crippen molar-refractivity contribution in [2.45, 2.75) is 64.3 Å². The van der Waals surface area contributed by atoms with E-state index in [1.807, 2.05) is 0 Å². The highest BCUT2D eigenvalue weighted by atomic mass is 15.1. The number of hydrogen-bond donors (Lipinski definition) is 0. The highest BCUT2D eigenvalue weighted by Crippen LogP contribution is 2.33. The number of rotatable bonds is 1. The Morgan fingerprint density at radius 1 is 1.19 bits per heavy atom. The maximum absolute atomic E-state index is 4.89. The maximum Gasteiger partial charge on any atom is 0.109 e. The largest absolute Gasteiger partial charge is 0.335 e. The van der Waals surface area contributed by atoms with Crippen LogP contribution in [0.1, 0.15) is 62.9 Å². The molecule has 1 atom stereocenters. The fourth-order valence-electron chi connectivity index (χ4n) is 3.20. The third kappa shape index (κ3) is 1.90. The minimum absolute atomic E-state index is 0.766. The Morgan fingerprint density at radius 3 is 2.81 bits per heavy atom. The van der Waals surface area contributed by atoms with Gasteiger partial charge in [0.25, 0.3) is 0 Å². The summed E-state index contributed by atoms with van der Waals surface area (Å²) in [5.74, 6) is 2.94. The Morgan fingerprint density at radius 2 is 2.00 bits per heavy atom. The lowest BCUT2D eigenvalue weighted by Crippen LogP contribution is -2.16. The number of aryl methyl sites for hydroxylation is 1. The van der Waals surface area contributed by atoms with E-state index in [0.717, 1.165) is 11.8 Å². The van der Waals surface area contributed by atoms with E-state index in [-0.39, 0.29) is 0 Å². The lowest BCUT2D eigenvalue weighted by atomic mass is 9.87. The summed E-state index contributed by atoms with van der Waals surface area (Å²) in [4.78, 5) is 4.89. The van der Waals surface area contributed by atoms with Gasteiger partial charge in [0.1, 0.15) is 5.82 Å². The Bertz CT molecular complexity index is 361. The molecule has 1 aliphatic carbocycles. The smallest absolute Gasteiger partial charge is 0.109 e. The molecule has 0 N–H and O–H groups in total. The van der Waals surface area contributed by atoms with Gasteiger partial charge in [-0.2, -0.15) is 0 Å². The van der Waals surface area contributed by atoms with Crippen molar-refractivity contribution in [3.05, 3.63) is 17.7 Å². The van der Waals surface area contributed by atoms with Gasteiger partial charge in [-0.3, -0.25) is 0 Å². The lowest BCUT2D eigenvalue weighted by molar-refractivity contribution is 0.409. The van der Waals surface area contributed by atoms with Crippen LogP contribution in [-0.4, -0.2) is 9.55 Å². The summed E-state index contributed by atoms with van der Waals surface area (Å²) in [5, 5.41) is 0. The molecule has 0 radical (unpaired) electrons. The van der Waals surface area contributed by atoms with E-state index in [2.05, 4.69) is 17.7 Å². The van der Waals surface area contributed by atoms with Crippen LogP contribution in [0.3, 0.4) is 0 Å². The molecule has 2 heteroatoms. The molecule has 0 spiro atoms. The van der Waals surface area contributed by atoms with E-state index in [9.17, 15) is 0 Å². The molecule has 0 bridgehead atoms. The second-order valence-corrected chi connectivity index (χ2v) is 5.71. The quantitative estimate of drug-likeness (QED) is 0.705. The molecule has 3 rings (SSSR count). The monoisotopic (exact) mass is 218 g/mol. The van der Waals surface area contributed by atoms with Crippen LogP contribution in [0.2, 0.25) is 0 Å². The summed E-state index contributed by atoms with van der Waals surface area (Å²) in [6, 6.07) is 0. The summed E-state index contributed by atoms with van der Waals surface area (Å²) < 4.78 is 2.41. The molecule has 2 heterocycles.